The van der Waals surface area contributed by atoms with Gasteiger partial charge in [-0.1, -0.05) is 97.1 Å². The molecule has 38 heavy (non-hydrogen) atoms. The van der Waals surface area contributed by atoms with Gasteiger partial charge in [-0.15, -0.1) is 71.8 Å². The summed E-state index contributed by atoms with van der Waals surface area (Å²) in [7, 11) is 0. The van der Waals surface area contributed by atoms with Crippen molar-refractivity contribution in [1.82, 2.24) is 0 Å². The normalized spacial score (nSPS) is 10.5. The third-order valence-corrected chi connectivity index (χ3v) is 4.81. The second-order valence-corrected chi connectivity index (χ2v) is 7.62. The van der Waals surface area contributed by atoms with E-state index in [2.05, 4.69) is 12.2 Å². The van der Waals surface area contributed by atoms with E-state index in [1.165, 1.54) is 12.2 Å². The molecule has 196 valence electrons. The average molecular weight is 679 g/mol. The predicted molar refractivity (Wildman–Crippen MR) is 149 cm³/mol. The van der Waals surface area contributed by atoms with Gasteiger partial charge in [0.15, 0.2) is 0 Å². The molecule has 2 nitrogen and oxygen atoms in total. The second-order valence-electron chi connectivity index (χ2n) is 7.62. The first-order valence-corrected chi connectivity index (χ1v) is 11.5. The molecule has 0 bridgehead atoms. The summed E-state index contributed by atoms with van der Waals surface area (Å²) in [4.78, 5) is 23.1. The van der Waals surface area contributed by atoms with Crippen molar-refractivity contribution in [3.8, 4) is 0 Å². The summed E-state index contributed by atoms with van der Waals surface area (Å²) < 4.78 is 0. The number of carbonyl (C=O) groups excluding carboxylic acids is 2. The molecule has 0 saturated heterocycles. The SMILES string of the molecule is O=C([C-]=Cc1ccccc1)C=Cc1ccccc1.O=C([C-]=Cc1ccccc1)C=Cc1ccccc1.[Pd].[Pd]. The van der Waals surface area contributed by atoms with Crippen LogP contribution in [0, 0.1) is 12.2 Å². The fourth-order valence-electron chi connectivity index (χ4n) is 2.98. The molecule has 0 unspecified atom stereocenters. The van der Waals surface area contributed by atoms with Crippen LogP contribution in [0.15, 0.2) is 133 Å². The maximum atomic E-state index is 11.6. The van der Waals surface area contributed by atoms with Crippen LogP contribution in [0.1, 0.15) is 22.3 Å². The van der Waals surface area contributed by atoms with Gasteiger partial charge in [0.05, 0.1) is 11.6 Å². The van der Waals surface area contributed by atoms with Gasteiger partial charge in [-0.3, -0.25) is 0 Å². The first-order chi connectivity index (χ1) is 17.7. The summed E-state index contributed by atoms with van der Waals surface area (Å²) in [6, 6.07) is 38.8. The van der Waals surface area contributed by atoms with Gasteiger partial charge in [0, 0.05) is 40.8 Å². The third-order valence-electron chi connectivity index (χ3n) is 4.81. The van der Waals surface area contributed by atoms with Crippen molar-refractivity contribution in [2.24, 2.45) is 0 Å². The van der Waals surface area contributed by atoms with Crippen LogP contribution in [0.5, 0.6) is 0 Å². The number of ketones is 2. The second kappa shape index (κ2) is 19.6. The van der Waals surface area contributed by atoms with Gasteiger partial charge in [-0.25, -0.2) is 0 Å². The van der Waals surface area contributed by atoms with Crippen molar-refractivity contribution in [1.29, 1.82) is 0 Å². The monoisotopic (exact) mass is 678 g/mol. The van der Waals surface area contributed by atoms with E-state index in [-0.39, 0.29) is 52.4 Å². The summed E-state index contributed by atoms with van der Waals surface area (Å²) in [5.41, 5.74) is 3.96. The smallest absolute Gasteiger partial charge is 0.0684 e. The Labute approximate surface area is 252 Å². The largest absolute Gasteiger partial charge is 0.319 e. The zero-order valence-corrected chi connectivity index (χ0v) is 23.6. The van der Waals surface area contributed by atoms with Crippen LogP contribution in [0.2, 0.25) is 0 Å². The van der Waals surface area contributed by atoms with Crippen LogP contribution in [-0.2, 0) is 50.4 Å². The van der Waals surface area contributed by atoms with Crippen LogP contribution in [-0.4, -0.2) is 11.6 Å². The van der Waals surface area contributed by atoms with E-state index >= 15 is 0 Å². The minimum Gasteiger partial charge on any atom is -0.319 e. The van der Waals surface area contributed by atoms with Gasteiger partial charge in [-0.05, 0) is 11.1 Å². The quantitative estimate of drug-likeness (QED) is 0.110. The first-order valence-electron chi connectivity index (χ1n) is 11.5. The molecule has 0 aliphatic carbocycles. The Morgan fingerprint density at radius 1 is 0.421 bits per heavy atom. The minimum absolute atomic E-state index is 0. The van der Waals surface area contributed by atoms with E-state index in [1.807, 2.05) is 121 Å². The van der Waals surface area contributed by atoms with Gasteiger partial charge in [0.2, 0.25) is 0 Å². The Morgan fingerprint density at radius 2 is 0.684 bits per heavy atom. The molecule has 0 heterocycles. The molecule has 0 fully saturated rings. The van der Waals surface area contributed by atoms with Crippen molar-refractivity contribution in [2.75, 3.05) is 0 Å². The zero-order valence-electron chi connectivity index (χ0n) is 20.5. The summed E-state index contributed by atoms with van der Waals surface area (Å²) in [5, 5.41) is 0. The Morgan fingerprint density at radius 3 is 0.974 bits per heavy atom. The fourth-order valence-corrected chi connectivity index (χ4v) is 2.98. The van der Waals surface area contributed by atoms with Crippen LogP contribution >= 0.6 is 0 Å². The fraction of sp³-hybridized carbons (Fsp3) is 0. The Bertz CT molecular complexity index is 1120. The molecule has 4 aromatic carbocycles. The number of rotatable bonds is 8. The van der Waals surface area contributed by atoms with Crippen LogP contribution in [0.3, 0.4) is 0 Å². The topological polar surface area (TPSA) is 34.1 Å². The number of allylic oxidation sites excluding steroid dienone is 4. The van der Waals surface area contributed by atoms with Crippen molar-refractivity contribution in [3.63, 3.8) is 0 Å². The molecule has 0 aliphatic heterocycles. The maximum absolute atomic E-state index is 11.6. The van der Waals surface area contributed by atoms with E-state index in [9.17, 15) is 9.59 Å². The van der Waals surface area contributed by atoms with Gasteiger partial charge < -0.3 is 9.59 Å². The molecule has 0 saturated carbocycles. The molecule has 0 spiro atoms. The molecule has 4 rings (SSSR count). The molecule has 4 aromatic rings. The van der Waals surface area contributed by atoms with Gasteiger partial charge in [-0.2, -0.15) is 12.2 Å². The van der Waals surface area contributed by atoms with Gasteiger partial charge >= 0.3 is 0 Å². The summed E-state index contributed by atoms with van der Waals surface area (Å²) in [6.45, 7) is 0. The molecule has 0 N–H and O–H groups in total. The van der Waals surface area contributed by atoms with E-state index in [4.69, 9.17) is 0 Å². The van der Waals surface area contributed by atoms with E-state index in [0.717, 1.165) is 22.3 Å². The molecule has 0 aromatic heterocycles. The Kier molecular flexibility index (Phi) is 16.8. The Balaban J connectivity index is 0.000000361. The van der Waals surface area contributed by atoms with E-state index in [0.29, 0.717) is 0 Å². The van der Waals surface area contributed by atoms with Crippen LogP contribution < -0.4 is 0 Å². The zero-order chi connectivity index (χ0) is 25.3. The van der Waals surface area contributed by atoms with Gasteiger partial charge in [0.25, 0.3) is 0 Å². The average Bonchev–Trinajstić information content (AvgIpc) is 2.95. The molecule has 0 aliphatic rings. The Hall–Kier alpha value is -3.50. The molecule has 0 radical (unpaired) electrons. The van der Waals surface area contributed by atoms with Gasteiger partial charge in [0.1, 0.15) is 0 Å². The molecule has 4 heteroatoms. The standard InChI is InChI=1S/2C17H13O.2Pd/c2*18-17(13-11-15-7-3-1-4-8-15)14-12-16-9-5-2-6-10-16;;/h2*1-13H;;/q2*-1;;. The maximum Gasteiger partial charge on any atom is 0.0684 e. The summed E-state index contributed by atoms with van der Waals surface area (Å²) in [6.07, 6.45) is 15.4. The molecular formula is C34H26O2Pd2-2. The molecular weight excluding hydrogens is 653 g/mol. The number of hydrogen-bond donors (Lipinski definition) is 0. The summed E-state index contributed by atoms with van der Waals surface area (Å²) >= 11 is 0. The number of hydrogen-bond acceptors (Lipinski definition) is 2. The van der Waals surface area contributed by atoms with Crippen LogP contribution in [0.4, 0.5) is 0 Å². The minimum atomic E-state index is -0.136. The van der Waals surface area contributed by atoms with Crippen molar-refractivity contribution in [3.05, 3.63) is 168 Å². The van der Waals surface area contributed by atoms with Crippen LogP contribution in [0.25, 0.3) is 24.3 Å². The predicted octanol–water partition coefficient (Wildman–Crippen LogP) is 7.57. The van der Waals surface area contributed by atoms with Crippen molar-refractivity contribution < 1.29 is 50.4 Å². The van der Waals surface area contributed by atoms with Crippen molar-refractivity contribution in [2.45, 2.75) is 0 Å². The van der Waals surface area contributed by atoms with E-state index in [1.54, 1.807) is 24.3 Å². The summed E-state index contributed by atoms with van der Waals surface area (Å²) in [5.74, 6) is -0.273. The first kappa shape index (κ1) is 32.5. The molecule has 0 amide bonds. The molecule has 0 atom stereocenters. The number of benzene rings is 4. The van der Waals surface area contributed by atoms with Crippen molar-refractivity contribution >= 4 is 35.9 Å². The third kappa shape index (κ3) is 13.7. The number of carbonyl (C=O) groups is 2. The van der Waals surface area contributed by atoms with E-state index < -0.39 is 0 Å².